The zero-order chi connectivity index (χ0) is 25.5. The number of para-hydroxylation sites is 1. The van der Waals surface area contributed by atoms with Gasteiger partial charge in [0.2, 0.25) is 11.8 Å². The van der Waals surface area contributed by atoms with Crippen LogP contribution in [0.1, 0.15) is 31.9 Å². The van der Waals surface area contributed by atoms with E-state index >= 15 is 0 Å². The molecule has 0 saturated heterocycles. The fraction of sp³-hybridized carbons (Fsp3) is 0.296. The molecule has 0 spiro atoms. The molecule has 4 rings (SSSR count). The normalized spacial score (nSPS) is 11.9. The van der Waals surface area contributed by atoms with Crippen molar-refractivity contribution in [1.29, 1.82) is 0 Å². The molecule has 4 aromatic rings. The van der Waals surface area contributed by atoms with E-state index in [4.69, 9.17) is 4.74 Å². The van der Waals surface area contributed by atoms with Gasteiger partial charge in [0.25, 0.3) is 0 Å². The van der Waals surface area contributed by atoms with Gasteiger partial charge in [0.15, 0.2) is 0 Å². The molecule has 186 valence electrons. The Morgan fingerprint density at radius 2 is 1.92 bits per heavy atom. The highest BCUT2D eigenvalue weighted by molar-refractivity contribution is 6.01. The molecule has 2 aromatic heterocycles. The van der Waals surface area contributed by atoms with E-state index in [1.165, 1.54) is 4.90 Å². The van der Waals surface area contributed by atoms with Gasteiger partial charge in [0, 0.05) is 36.3 Å². The highest BCUT2D eigenvalue weighted by atomic mass is 16.5. The van der Waals surface area contributed by atoms with Crippen LogP contribution in [0.3, 0.4) is 0 Å². The molecule has 0 aliphatic carbocycles. The van der Waals surface area contributed by atoms with Gasteiger partial charge in [-0.25, -0.2) is 4.68 Å². The van der Waals surface area contributed by atoms with Gasteiger partial charge in [-0.05, 0) is 42.7 Å². The number of ether oxygens (including phenoxy) is 1. The van der Waals surface area contributed by atoms with E-state index in [0.717, 1.165) is 11.9 Å². The van der Waals surface area contributed by atoms with Crippen LogP contribution in [0.25, 0.3) is 11.0 Å². The quantitative estimate of drug-likeness (QED) is 0.366. The number of rotatable bonds is 10. The van der Waals surface area contributed by atoms with E-state index in [1.807, 2.05) is 24.3 Å². The van der Waals surface area contributed by atoms with Gasteiger partial charge in [-0.15, -0.1) is 5.10 Å². The first-order valence-electron chi connectivity index (χ1n) is 11.9. The monoisotopic (exact) mass is 486 g/mol. The number of benzene rings is 2. The molecular weight excluding hydrogens is 456 g/mol. The molecule has 0 radical (unpaired) electrons. The minimum atomic E-state index is -0.944. The summed E-state index contributed by atoms with van der Waals surface area (Å²) in [6.45, 7) is 4.59. The third-order valence-corrected chi connectivity index (χ3v) is 5.83. The number of carbonyl (C=O) groups is 2. The lowest BCUT2D eigenvalue weighted by atomic mass is 10.0. The van der Waals surface area contributed by atoms with Crippen LogP contribution in [-0.4, -0.2) is 45.4 Å². The van der Waals surface area contributed by atoms with Crippen LogP contribution in [0.15, 0.2) is 73.1 Å². The summed E-state index contributed by atoms with van der Waals surface area (Å²) < 4.78 is 6.95. The van der Waals surface area contributed by atoms with Gasteiger partial charge in [-0.3, -0.25) is 19.5 Å². The van der Waals surface area contributed by atoms with Crippen molar-refractivity contribution in [3.05, 3.63) is 78.6 Å². The SMILES string of the molecule is COc1cccc(N(C(=O)Cn2nnc3ccccc32)[C@H](C(=O)NCCC(C)C)c2cccnc2)c1. The van der Waals surface area contributed by atoms with Crippen molar-refractivity contribution >= 4 is 28.5 Å². The zero-order valence-corrected chi connectivity index (χ0v) is 20.7. The minimum Gasteiger partial charge on any atom is -0.497 e. The lowest BCUT2D eigenvalue weighted by molar-refractivity contribution is -0.127. The van der Waals surface area contributed by atoms with Crippen molar-refractivity contribution in [1.82, 2.24) is 25.3 Å². The summed E-state index contributed by atoms with van der Waals surface area (Å²) in [5.74, 6) is 0.385. The second-order valence-corrected chi connectivity index (χ2v) is 8.86. The van der Waals surface area contributed by atoms with Crippen LogP contribution in [0.2, 0.25) is 0 Å². The molecule has 36 heavy (non-hydrogen) atoms. The smallest absolute Gasteiger partial charge is 0.249 e. The van der Waals surface area contributed by atoms with Gasteiger partial charge >= 0.3 is 0 Å². The Morgan fingerprint density at radius 1 is 1.08 bits per heavy atom. The number of nitrogens with zero attached hydrogens (tertiary/aromatic N) is 5. The summed E-state index contributed by atoms with van der Waals surface area (Å²) in [4.78, 5) is 33.3. The molecule has 2 heterocycles. The first-order chi connectivity index (χ1) is 17.5. The van der Waals surface area contributed by atoms with Crippen LogP contribution in [0, 0.1) is 5.92 Å². The fourth-order valence-electron chi connectivity index (χ4n) is 3.97. The second-order valence-electron chi connectivity index (χ2n) is 8.86. The van der Waals surface area contributed by atoms with E-state index in [1.54, 1.807) is 60.6 Å². The van der Waals surface area contributed by atoms with Crippen molar-refractivity contribution < 1.29 is 14.3 Å². The minimum absolute atomic E-state index is 0.103. The summed E-state index contributed by atoms with van der Waals surface area (Å²) in [7, 11) is 1.56. The van der Waals surface area contributed by atoms with Crippen LogP contribution in [0.5, 0.6) is 5.75 Å². The van der Waals surface area contributed by atoms with Crippen molar-refractivity contribution in [2.45, 2.75) is 32.9 Å². The molecular formula is C27H30N6O3. The van der Waals surface area contributed by atoms with Crippen LogP contribution in [-0.2, 0) is 16.1 Å². The van der Waals surface area contributed by atoms with Crippen LogP contribution in [0.4, 0.5) is 5.69 Å². The Labute approximate surface area is 210 Å². The number of hydrogen-bond donors (Lipinski definition) is 1. The highest BCUT2D eigenvalue weighted by Gasteiger charge is 2.33. The fourth-order valence-corrected chi connectivity index (χ4v) is 3.97. The standard InChI is InChI=1S/C27H30N6O3/c1-19(2)13-15-29-27(35)26(20-8-7-14-28-17-20)33(21-9-6-10-22(16-21)36-3)25(34)18-32-24-12-5-4-11-23(24)30-31-32/h4-12,14,16-17,19,26H,13,15,18H2,1-3H3,(H,29,35)/t26-/m0/s1. The van der Waals surface area contributed by atoms with Crippen LogP contribution < -0.4 is 15.0 Å². The van der Waals surface area contributed by atoms with Gasteiger partial charge < -0.3 is 10.1 Å². The number of nitrogens with one attached hydrogen (secondary N) is 1. The van der Waals surface area contributed by atoms with Crippen molar-refractivity contribution in [2.24, 2.45) is 5.92 Å². The van der Waals surface area contributed by atoms with Crippen LogP contribution >= 0.6 is 0 Å². The molecule has 0 saturated carbocycles. The average Bonchev–Trinajstić information content (AvgIpc) is 3.30. The maximum atomic E-state index is 14.0. The molecule has 2 aromatic carbocycles. The predicted molar refractivity (Wildman–Crippen MR) is 137 cm³/mol. The molecule has 0 unspecified atom stereocenters. The third-order valence-electron chi connectivity index (χ3n) is 5.83. The Balaban J connectivity index is 1.76. The summed E-state index contributed by atoms with van der Waals surface area (Å²) in [6, 6.07) is 17.1. The van der Waals surface area contributed by atoms with E-state index < -0.39 is 6.04 Å². The Kier molecular flexibility index (Phi) is 7.89. The molecule has 2 amide bonds. The van der Waals surface area contributed by atoms with Crippen molar-refractivity contribution in [3.63, 3.8) is 0 Å². The van der Waals surface area contributed by atoms with E-state index in [2.05, 4.69) is 34.5 Å². The first-order valence-corrected chi connectivity index (χ1v) is 11.9. The van der Waals surface area contributed by atoms with Crippen molar-refractivity contribution in [3.8, 4) is 5.75 Å². The Bertz CT molecular complexity index is 1320. The summed E-state index contributed by atoms with van der Waals surface area (Å²) in [6.07, 6.45) is 4.07. The van der Waals surface area contributed by atoms with Crippen molar-refractivity contribution in [2.75, 3.05) is 18.6 Å². The Morgan fingerprint density at radius 3 is 2.67 bits per heavy atom. The zero-order valence-electron chi connectivity index (χ0n) is 20.7. The van der Waals surface area contributed by atoms with Gasteiger partial charge in [-0.2, -0.15) is 0 Å². The molecule has 0 fully saturated rings. The van der Waals surface area contributed by atoms with Gasteiger partial charge in [-0.1, -0.05) is 43.3 Å². The maximum Gasteiger partial charge on any atom is 0.249 e. The number of pyridine rings is 1. The molecule has 0 aliphatic rings. The van der Waals surface area contributed by atoms with Gasteiger partial charge in [0.1, 0.15) is 23.9 Å². The summed E-state index contributed by atoms with van der Waals surface area (Å²) in [5.41, 5.74) is 2.54. The topological polar surface area (TPSA) is 102 Å². The van der Waals surface area contributed by atoms with Gasteiger partial charge in [0.05, 0.1) is 12.6 Å². The number of amides is 2. The number of methoxy groups -OCH3 is 1. The number of anilines is 1. The maximum absolute atomic E-state index is 14.0. The molecule has 1 atom stereocenters. The predicted octanol–water partition coefficient (Wildman–Crippen LogP) is 3.77. The van der Waals surface area contributed by atoms with E-state index in [0.29, 0.717) is 35.0 Å². The third kappa shape index (κ3) is 5.68. The highest BCUT2D eigenvalue weighted by Crippen LogP contribution is 2.30. The first kappa shape index (κ1) is 24.8. The summed E-state index contributed by atoms with van der Waals surface area (Å²) in [5, 5.41) is 11.3. The second kappa shape index (κ2) is 11.4. The molecule has 1 N–H and O–H groups in total. The number of carbonyl (C=O) groups excluding carboxylic acids is 2. The lowest BCUT2D eigenvalue weighted by Gasteiger charge is -2.31. The lowest BCUT2D eigenvalue weighted by Crippen LogP contribution is -2.45. The largest absolute Gasteiger partial charge is 0.497 e. The molecule has 0 bridgehead atoms. The molecule has 9 nitrogen and oxygen atoms in total. The molecule has 9 heteroatoms. The number of fused-ring (bicyclic) bond motifs is 1. The Hall–Kier alpha value is -4.27. The van der Waals surface area contributed by atoms with E-state index in [-0.39, 0.29) is 18.4 Å². The van der Waals surface area contributed by atoms with E-state index in [9.17, 15) is 9.59 Å². The summed E-state index contributed by atoms with van der Waals surface area (Å²) >= 11 is 0. The average molecular weight is 487 g/mol. The number of hydrogen-bond acceptors (Lipinski definition) is 6. The molecule has 0 aliphatic heterocycles. The number of aromatic nitrogens is 4.